The summed E-state index contributed by atoms with van der Waals surface area (Å²) in [6.45, 7) is 0. The second-order valence-corrected chi connectivity index (χ2v) is 3.21. The number of nitriles is 1. The standard InChI is InChI=1S/C7H2BrF2N3O2/c8-5-1-4(13(14)15)6(7(9)10)3(2-11)12-5/h1,7H. The molecule has 1 heterocycles. The molecule has 0 aliphatic rings. The van der Waals surface area contributed by atoms with Crippen LogP contribution < -0.4 is 0 Å². The van der Waals surface area contributed by atoms with E-state index in [9.17, 15) is 18.9 Å². The van der Waals surface area contributed by atoms with Crippen molar-refractivity contribution in [3.63, 3.8) is 0 Å². The Labute approximate surface area is 90.6 Å². The maximum Gasteiger partial charge on any atom is 0.283 e. The molecule has 0 fully saturated rings. The van der Waals surface area contributed by atoms with Crippen LogP contribution in [0.1, 0.15) is 17.7 Å². The van der Waals surface area contributed by atoms with Crippen molar-refractivity contribution in [2.24, 2.45) is 0 Å². The molecule has 1 rings (SSSR count). The molecule has 0 aromatic carbocycles. The van der Waals surface area contributed by atoms with Gasteiger partial charge in [0.15, 0.2) is 5.69 Å². The summed E-state index contributed by atoms with van der Waals surface area (Å²) in [5.74, 6) is 0. The number of hydrogen-bond donors (Lipinski definition) is 0. The van der Waals surface area contributed by atoms with Gasteiger partial charge in [0.05, 0.1) is 4.92 Å². The first-order valence-electron chi connectivity index (χ1n) is 3.50. The van der Waals surface area contributed by atoms with E-state index >= 15 is 0 Å². The lowest BCUT2D eigenvalue weighted by Crippen LogP contribution is -2.02. The number of hydrogen-bond acceptors (Lipinski definition) is 4. The van der Waals surface area contributed by atoms with Gasteiger partial charge in [-0.3, -0.25) is 10.1 Å². The van der Waals surface area contributed by atoms with Gasteiger partial charge in [0.1, 0.15) is 16.2 Å². The van der Waals surface area contributed by atoms with Crippen LogP contribution in [-0.2, 0) is 0 Å². The zero-order valence-electron chi connectivity index (χ0n) is 6.95. The summed E-state index contributed by atoms with van der Waals surface area (Å²) < 4.78 is 24.9. The predicted octanol–water partition coefficient (Wildman–Crippen LogP) is 2.56. The van der Waals surface area contributed by atoms with Gasteiger partial charge in [-0.15, -0.1) is 0 Å². The van der Waals surface area contributed by atoms with Crippen molar-refractivity contribution in [2.75, 3.05) is 0 Å². The van der Waals surface area contributed by atoms with Crippen LogP contribution in [0.5, 0.6) is 0 Å². The van der Waals surface area contributed by atoms with E-state index < -0.39 is 28.3 Å². The summed E-state index contributed by atoms with van der Waals surface area (Å²) in [6, 6.07) is 2.22. The van der Waals surface area contributed by atoms with Crippen molar-refractivity contribution in [1.82, 2.24) is 4.98 Å². The van der Waals surface area contributed by atoms with Crippen molar-refractivity contribution in [2.45, 2.75) is 6.43 Å². The van der Waals surface area contributed by atoms with Crippen LogP contribution in [0.2, 0.25) is 0 Å². The van der Waals surface area contributed by atoms with E-state index in [1.807, 2.05) is 0 Å². The summed E-state index contributed by atoms with van der Waals surface area (Å²) in [4.78, 5) is 12.9. The maximum atomic E-state index is 12.5. The lowest BCUT2D eigenvalue weighted by Gasteiger charge is -2.03. The number of aromatic nitrogens is 1. The highest BCUT2D eigenvalue weighted by Crippen LogP contribution is 2.32. The first-order chi connectivity index (χ1) is 6.97. The lowest BCUT2D eigenvalue weighted by molar-refractivity contribution is -0.386. The molecule has 1 aromatic heterocycles. The van der Waals surface area contributed by atoms with Gasteiger partial charge in [0.2, 0.25) is 0 Å². The van der Waals surface area contributed by atoms with E-state index in [4.69, 9.17) is 5.26 Å². The smallest absolute Gasteiger partial charge is 0.258 e. The minimum atomic E-state index is -3.11. The molecule has 0 atom stereocenters. The first kappa shape index (κ1) is 11.5. The fourth-order valence-corrected chi connectivity index (χ4v) is 1.36. The number of alkyl halides is 2. The Morgan fingerprint density at radius 2 is 2.27 bits per heavy atom. The van der Waals surface area contributed by atoms with Gasteiger partial charge < -0.3 is 0 Å². The number of nitrogens with zero attached hydrogens (tertiary/aromatic N) is 3. The summed E-state index contributed by atoms with van der Waals surface area (Å²) in [5, 5.41) is 19.0. The Bertz CT molecular complexity index is 458. The Kier molecular flexibility index (Phi) is 3.26. The summed E-state index contributed by atoms with van der Waals surface area (Å²) >= 11 is 2.79. The largest absolute Gasteiger partial charge is 0.283 e. The molecule has 0 aliphatic carbocycles. The Morgan fingerprint density at radius 1 is 1.67 bits per heavy atom. The molecule has 0 bridgehead atoms. The van der Waals surface area contributed by atoms with E-state index in [-0.39, 0.29) is 4.60 Å². The van der Waals surface area contributed by atoms with E-state index in [1.54, 1.807) is 0 Å². The minimum Gasteiger partial charge on any atom is -0.258 e. The molecule has 0 aliphatic heterocycles. The van der Waals surface area contributed by atoms with Gasteiger partial charge in [0.25, 0.3) is 12.1 Å². The van der Waals surface area contributed by atoms with Crippen LogP contribution in [0.25, 0.3) is 0 Å². The third-order valence-electron chi connectivity index (χ3n) is 1.53. The van der Waals surface area contributed by atoms with Crippen molar-refractivity contribution >= 4 is 21.6 Å². The Balaban J connectivity index is 3.56. The van der Waals surface area contributed by atoms with Crippen LogP contribution in [-0.4, -0.2) is 9.91 Å². The second kappa shape index (κ2) is 4.27. The molecule has 5 nitrogen and oxygen atoms in total. The molecule has 0 N–H and O–H groups in total. The molecule has 0 amide bonds. The average Bonchev–Trinajstić information content (AvgIpc) is 2.15. The molecular formula is C7H2BrF2N3O2. The van der Waals surface area contributed by atoms with E-state index in [0.717, 1.165) is 6.07 Å². The fourth-order valence-electron chi connectivity index (χ4n) is 0.963. The Morgan fingerprint density at radius 3 is 2.67 bits per heavy atom. The first-order valence-corrected chi connectivity index (χ1v) is 4.29. The maximum absolute atomic E-state index is 12.5. The third-order valence-corrected chi connectivity index (χ3v) is 1.93. The van der Waals surface area contributed by atoms with Crippen molar-refractivity contribution in [3.8, 4) is 6.07 Å². The summed E-state index contributed by atoms with van der Waals surface area (Å²) in [6.07, 6.45) is -3.11. The highest BCUT2D eigenvalue weighted by molar-refractivity contribution is 9.10. The molecule has 15 heavy (non-hydrogen) atoms. The van der Waals surface area contributed by atoms with Crippen LogP contribution in [0.15, 0.2) is 10.7 Å². The topological polar surface area (TPSA) is 79.8 Å². The highest BCUT2D eigenvalue weighted by Gasteiger charge is 2.27. The van der Waals surface area contributed by atoms with Gasteiger partial charge in [-0.2, -0.15) is 5.26 Å². The van der Waals surface area contributed by atoms with Crippen LogP contribution in [0, 0.1) is 21.4 Å². The molecule has 8 heteroatoms. The van der Waals surface area contributed by atoms with Crippen molar-refractivity contribution in [1.29, 1.82) is 5.26 Å². The summed E-state index contributed by atoms with van der Waals surface area (Å²) in [7, 11) is 0. The molecule has 0 radical (unpaired) electrons. The monoisotopic (exact) mass is 277 g/mol. The number of rotatable bonds is 2. The molecule has 0 saturated carbocycles. The third kappa shape index (κ3) is 2.24. The normalized spacial score (nSPS) is 10.1. The zero-order chi connectivity index (χ0) is 11.6. The van der Waals surface area contributed by atoms with E-state index in [2.05, 4.69) is 20.9 Å². The number of pyridine rings is 1. The van der Waals surface area contributed by atoms with Crippen molar-refractivity contribution < 1.29 is 13.7 Å². The quantitative estimate of drug-likeness (QED) is 0.473. The van der Waals surface area contributed by atoms with Gasteiger partial charge in [-0.1, -0.05) is 0 Å². The second-order valence-electron chi connectivity index (χ2n) is 2.40. The van der Waals surface area contributed by atoms with Crippen LogP contribution in [0.4, 0.5) is 14.5 Å². The van der Waals surface area contributed by atoms with Gasteiger partial charge in [-0.25, -0.2) is 13.8 Å². The number of nitro groups is 1. The predicted molar refractivity (Wildman–Crippen MR) is 48.3 cm³/mol. The fraction of sp³-hybridized carbons (Fsp3) is 0.143. The van der Waals surface area contributed by atoms with Gasteiger partial charge in [-0.05, 0) is 15.9 Å². The van der Waals surface area contributed by atoms with E-state index in [1.165, 1.54) is 6.07 Å². The van der Waals surface area contributed by atoms with Gasteiger partial charge >= 0.3 is 0 Å². The zero-order valence-corrected chi connectivity index (χ0v) is 8.53. The van der Waals surface area contributed by atoms with Gasteiger partial charge in [0, 0.05) is 6.07 Å². The van der Waals surface area contributed by atoms with E-state index in [0.29, 0.717) is 0 Å². The molecule has 0 saturated heterocycles. The summed E-state index contributed by atoms with van der Waals surface area (Å²) in [5.41, 5.74) is -2.42. The number of halogens is 3. The molecule has 0 unspecified atom stereocenters. The molecule has 1 aromatic rings. The average molecular weight is 278 g/mol. The molecule has 78 valence electrons. The molecular weight excluding hydrogens is 276 g/mol. The van der Waals surface area contributed by atoms with Crippen molar-refractivity contribution in [3.05, 3.63) is 32.0 Å². The van der Waals surface area contributed by atoms with Crippen LogP contribution in [0.3, 0.4) is 0 Å². The minimum absolute atomic E-state index is 0.0323. The van der Waals surface area contributed by atoms with Crippen LogP contribution >= 0.6 is 15.9 Å². The SMILES string of the molecule is N#Cc1nc(Br)cc([N+](=O)[O-])c1C(F)F. The molecule has 0 spiro atoms. The highest BCUT2D eigenvalue weighted by atomic mass is 79.9. The lowest BCUT2D eigenvalue weighted by atomic mass is 10.2. The Hall–Kier alpha value is -1.62.